The van der Waals surface area contributed by atoms with Gasteiger partial charge in [0.2, 0.25) is 0 Å². The zero-order chi connectivity index (χ0) is 37.1. The number of esters is 2. The van der Waals surface area contributed by atoms with Crippen LogP contribution in [0.5, 0.6) is 0 Å². The van der Waals surface area contributed by atoms with E-state index >= 15 is 0 Å². The van der Waals surface area contributed by atoms with Crippen molar-refractivity contribution in [3.8, 4) is 0 Å². The lowest BCUT2D eigenvalue weighted by molar-refractivity contribution is -0.165. The summed E-state index contributed by atoms with van der Waals surface area (Å²) in [5.41, 5.74) is 1.97. The van der Waals surface area contributed by atoms with E-state index in [0.29, 0.717) is 12.1 Å². The van der Waals surface area contributed by atoms with Gasteiger partial charge in [-0.15, -0.1) is 0 Å². The normalized spacial score (nSPS) is 25.8. The molecule has 2 saturated carbocycles. The number of carbonyl (C=O) groups is 2. The number of benzene rings is 2. The molecule has 8 heteroatoms. The number of carbonyl (C=O) groups excluding carboxylic acids is 2. The SMILES string of the molecule is CC(C)(C)OC(=O)[C@@H]1CCCC[C@H]1N1CCN(Cc2ccccc2)CC1.CC(C)(C)OC(=O)[C@H]1CCCC[C@@H]1N1CCN(Cc2ccccc2)CC1. The van der Waals surface area contributed by atoms with Gasteiger partial charge < -0.3 is 9.47 Å². The van der Waals surface area contributed by atoms with Crippen LogP contribution in [0, 0.1) is 11.8 Å². The van der Waals surface area contributed by atoms with E-state index < -0.39 is 11.2 Å². The molecule has 4 aliphatic rings. The average molecular weight is 717 g/mol. The van der Waals surface area contributed by atoms with Gasteiger partial charge in [0.15, 0.2) is 0 Å². The minimum absolute atomic E-state index is 0.00825. The van der Waals surface area contributed by atoms with Crippen molar-refractivity contribution in [3.05, 3.63) is 71.8 Å². The highest BCUT2D eigenvalue weighted by molar-refractivity contribution is 5.74. The minimum Gasteiger partial charge on any atom is -0.460 e. The first-order chi connectivity index (χ1) is 24.8. The Labute approximate surface area is 315 Å². The first kappa shape index (κ1) is 40.4. The van der Waals surface area contributed by atoms with Crippen molar-refractivity contribution in [2.75, 3.05) is 52.4 Å². The highest BCUT2D eigenvalue weighted by Crippen LogP contribution is 2.33. The van der Waals surface area contributed by atoms with Crippen molar-refractivity contribution in [1.29, 1.82) is 0 Å². The molecular formula is C44H68N4O4. The van der Waals surface area contributed by atoms with Crippen LogP contribution < -0.4 is 0 Å². The number of hydrogen-bond acceptors (Lipinski definition) is 8. The van der Waals surface area contributed by atoms with Crippen LogP contribution in [-0.2, 0) is 32.2 Å². The molecule has 0 radical (unpaired) electrons. The fourth-order valence-electron chi connectivity index (χ4n) is 8.59. The summed E-state index contributed by atoms with van der Waals surface area (Å²) in [6.45, 7) is 22.3. The van der Waals surface area contributed by atoms with E-state index in [1.54, 1.807) is 0 Å². The van der Waals surface area contributed by atoms with Crippen LogP contribution in [-0.4, -0.2) is 107 Å². The topological polar surface area (TPSA) is 65.6 Å². The summed E-state index contributed by atoms with van der Waals surface area (Å²) < 4.78 is 11.4. The summed E-state index contributed by atoms with van der Waals surface area (Å²) in [4.78, 5) is 35.6. The van der Waals surface area contributed by atoms with Crippen molar-refractivity contribution in [2.45, 2.75) is 129 Å². The van der Waals surface area contributed by atoms with Crippen molar-refractivity contribution in [1.82, 2.24) is 19.6 Å². The maximum absolute atomic E-state index is 12.7. The number of nitrogens with zero attached hydrogens (tertiary/aromatic N) is 4. The third-order valence-electron chi connectivity index (χ3n) is 11.1. The van der Waals surface area contributed by atoms with Gasteiger partial charge in [-0.1, -0.05) is 86.3 Å². The molecular weight excluding hydrogens is 649 g/mol. The van der Waals surface area contributed by atoms with E-state index in [2.05, 4.69) is 80.3 Å². The summed E-state index contributed by atoms with van der Waals surface area (Å²) in [6, 6.07) is 22.1. The fraction of sp³-hybridized carbons (Fsp3) is 0.682. The molecule has 2 saturated heterocycles. The van der Waals surface area contributed by atoms with Gasteiger partial charge in [0.1, 0.15) is 11.2 Å². The van der Waals surface area contributed by atoms with Crippen molar-refractivity contribution < 1.29 is 19.1 Å². The maximum atomic E-state index is 12.7. The van der Waals surface area contributed by atoms with Gasteiger partial charge in [-0.05, 0) is 78.4 Å². The Balaban J connectivity index is 0.000000201. The second kappa shape index (κ2) is 19.0. The van der Waals surface area contributed by atoms with Gasteiger partial charge in [-0.25, -0.2) is 0 Å². The van der Waals surface area contributed by atoms with E-state index in [0.717, 1.165) is 104 Å². The summed E-state index contributed by atoms with van der Waals surface area (Å²) in [5.74, 6) is 0.107. The number of piperazine rings is 2. The summed E-state index contributed by atoms with van der Waals surface area (Å²) in [5, 5.41) is 0. The second-order valence-corrected chi connectivity index (χ2v) is 17.6. The maximum Gasteiger partial charge on any atom is 0.311 e. The lowest BCUT2D eigenvalue weighted by Gasteiger charge is -2.43. The van der Waals surface area contributed by atoms with Crippen LogP contribution in [0.15, 0.2) is 60.7 Å². The molecule has 2 aliphatic heterocycles. The molecule has 2 aromatic carbocycles. The third kappa shape index (κ3) is 12.7. The van der Waals surface area contributed by atoms with Crippen LogP contribution in [0.3, 0.4) is 0 Å². The molecule has 0 spiro atoms. The lowest BCUT2D eigenvalue weighted by atomic mass is 9.83. The molecule has 6 rings (SSSR count). The zero-order valence-corrected chi connectivity index (χ0v) is 33.2. The molecule has 8 nitrogen and oxygen atoms in total. The van der Waals surface area contributed by atoms with Crippen LogP contribution in [0.2, 0.25) is 0 Å². The molecule has 4 atom stereocenters. The Bertz CT molecular complexity index is 1250. The van der Waals surface area contributed by atoms with Gasteiger partial charge >= 0.3 is 11.9 Å². The third-order valence-corrected chi connectivity index (χ3v) is 11.1. The molecule has 2 heterocycles. The molecule has 0 N–H and O–H groups in total. The Kier molecular flexibility index (Phi) is 14.8. The monoisotopic (exact) mass is 717 g/mol. The molecule has 0 amide bonds. The van der Waals surface area contributed by atoms with E-state index in [1.165, 1.54) is 24.0 Å². The van der Waals surface area contributed by atoms with Crippen LogP contribution in [0.25, 0.3) is 0 Å². The predicted octanol–water partition coefficient (Wildman–Crippen LogP) is 7.41. The van der Waals surface area contributed by atoms with E-state index in [-0.39, 0.29) is 23.8 Å². The smallest absolute Gasteiger partial charge is 0.311 e. The van der Waals surface area contributed by atoms with E-state index in [4.69, 9.17) is 9.47 Å². The standard InChI is InChI=1S/2C22H34N2O2/c2*1-22(2,3)26-21(25)19-11-7-8-12-20(19)24-15-13-23(14-16-24)17-18-9-5-4-6-10-18/h2*4-6,9-10,19-20H,7-8,11-17H2,1-3H3/t2*19-,20-/m10/s1. The largest absolute Gasteiger partial charge is 0.460 e. The summed E-state index contributed by atoms with van der Waals surface area (Å²) in [6.07, 6.45) is 8.96. The molecule has 2 aromatic rings. The average Bonchev–Trinajstić information content (AvgIpc) is 3.12. The first-order valence-electron chi connectivity index (χ1n) is 20.3. The predicted molar refractivity (Wildman–Crippen MR) is 210 cm³/mol. The number of ether oxygens (including phenoxy) is 2. The fourth-order valence-corrected chi connectivity index (χ4v) is 8.59. The molecule has 0 unspecified atom stereocenters. The number of hydrogen-bond donors (Lipinski definition) is 0. The van der Waals surface area contributed by atoms with Crippen LogP contribution in [0.4, 0.5) is 0 Å². The first-order valence-corrected chi connectivity index (χ1v) is 20.3. The van der Waals surface area contributed by atoms with Gasteiger partial charge in [-0.2, -0.15) is 0 Å². The van der Waals surface area contributed by atoms with Gasteiger partial charge in [0, 0.05) is 77.5 Å². The molecule has 2 aliphatic carbocycles. The van der Waals surface area contributed by atoms with Crippen molar-refractivity contribution >= 4 is 11.9 Å². The lowest BCUT2D eigenvalue weighted by Crippen LogP contribution is -2.54. The van der Waals surface area contributed by atoms with Gasteiger partial charge in [0.25, 0.3) is 0 Å². The molecule has 288 valence electrons. The highest BCUT2D eigenvalue weighted by atomic mass is 16.6. The Hall–Kier alpha value is -2.78. The highest BCUT2D eigenvalue weighted by Gasteiger charge is 2.39. The van der Waals surface area contributed by atoms with Crippen molar-refractivity contribution in [2.24, 2.45) is 11.8 Å². The molecule has 0 bridgehead atoms. The summed E-state index contributed by atoms with van der Waals surface area (Å²) >= 11 is 0. The summed E-state index contributed by atoms with van der Waals surface area (Å²) in [7, 11) is 0. The van der Waals surface area contributed by atoms with Crippen molar-refractivity contribution in [3.63, 3.8) is 0 Å². The molecule has 0 aromatic heterocycles. The van der Waals surface area contributed by atoms with Gasteiger partial charge in [-0.3, -0.25) is 29.2 Å². The Morgan fingerprint density at radius 3 is 1.17 bits per heavy atom. The molecule has 4 fully saturated rings. The van der Waals surface area contributed by atoms with Crippen LogP contribution >= 0.6 is 0 Å². The number of rotatable bonds is 8. The minimum atomic E-state index is -0.395. The van der Waals surface area contributed by atoms with E-state index in [9.17, 15) is 9.59 Å². The Morgan fingerprint density at radius 1 is 0.519 bits per heavy atom. The van der Waals surface area contributed by atoms with Gasteiger partial charge in [0.05, 0.1) is 11.8 Å². The quantitative estimate of drug-likeness (QED) is 0.262. The van der Waals surface area contributed by atoms with Crippen LogP contribution in [0.1, 0.15) is 104 Å². The Morgan fingerprint density at radius 2 is 0.846 bits per heavy atom. The molecule has 52 heavy (non-hydrogen) atoms. The van der Waals surface area contributed by atoms with E-state index in [1.807, 2.05) is 41.5 Å². The zero-order valence-electron chi connectivity index (χ0n) is 33.2. The second-order valence-electron chi connectivity index (χ2n) is 17.6.